The molecule has 0 aromatic carbocycles. The zero-order valence-electron chi connectivity index (χ0n) is 15.7. The lowest BCUT2D eigenvalue weighted by Crippen LogP contribution is -2.11. The fourth-order valence-corrected chi connectivity index (χ4v) is 7.04. The van der Waals surface area contributed by atoms with Crippen molar-refractivity contribution in [2.45, 2.75) is 74.7 Å². The van der Waals surface area contributed by atoms with Gasteiger partial charge in [0.25, 0.3) is 0 Å². The van der Waals surface area contributed by atoms with Crippen molar-refractivity contribution in [1.29, 1.82) is 0 Å². The number of unbranched alkanes of at least 4 members (excludes halogenated alkanes) is 2. The zero-order chi connectivity index (χ0) is 21.4. The second kappa shape index (κ2) is 17.7. The summed E-state index contributed by atoms with van der Waals surface area (Å²) in [4.78, 5) is 21.2. The molecule has 0 amide bonds. The van der Waals surface area contributed by atoms with Crippen molar-refractivity contribution in [1.82, 2.24) is 0 Å². The lowest BCUT2D eigenvalue weighted by atomic mass is 10.1. The van der Waals surface area contributed by atoms with Crippen LogP contribution in [-0.2, 0) is 31.7 Å². The Morgan fingerprint density at radius 3 is 1.32 bits per heavy atom. The zero-order valence-corrected chi connectivity index (χ0v) is 19.0. The Bertz CT molecular complexity index is 459. The number of carbonyl (C=O) groups is 2. The van der Waals surface area contributed by atoms with E-state index >= 15 is 0 Å². The average Bonchev–Trinajstić information content (AvgIpc) is 2.59. The summed E-state index contributed by atoms with van der Waals surface area (Å²) in [6, 6.07) is 0. The van der Waals surface area contributed by atoms with Crippen LogP contribution in [0.25, 0.3) is 0 Å². The first-order chi connectivity index (χ1) is 13.2. The number of aliphatic carboxylic acids is 2. The van der Waals surface area contributed by atoms with Gasteiger partial charge in [-0.3, -0.25) is 9.59 Å². The van der Waals surface area contributed by atoms with Gasteiger partial charge in [0.15, 0.2) is 22.2 Å². The number of hydrogen-bond donors (Lipinski definition) is 4. The Morgan fingerprint density at radius 2 is 1.04 bits per heavy atom. The molecule has 0 rings (SSSR count). The van der Waals surface area contributed by atoms with Crippen molar-refractivity contribution in [3.63, 3.8) is 0 Å². The molecule has 0 saturated heterocycles. The van der Waals surface area contributed by atoms with Gasteiger partial charge in [0.2, 0.25) is 0 Å². The predicted molar refractivity (Wildman–Crippen MR) is 115 cm³/mol. The Labute approximate surface area is 179 Å². The van der Waals surface area contributed by atoms with E-state index in [4.69, 9.17) is 19.3 Å². The first kappa shape index (κ1) is 27.9. The molecule has 12 heteroatoms. The summed E-state index contributed by atoms with van der Waals surface area (Å²) in [7, 11) is 3.15. The van der Waals surface area contributed by atoms with E-state index < -0.39 is 34.1 Å². The van der Waals surface area contributed by atoms with Crippen molar-refractivity contribution in [3.05, 3.63) is 0 Å². The third kappa shape index (κ3) is 19.2. The molecule has 0 heterocycles. The van der Waals surface area contributed by atoms with Gasteiger partial charge in [0.1, 0.15) is 0 Å². The number of hydrogen-bond acceptors (Lipinski definition) is 6. The summed E-state index contributed by atoms with van der Waals surface area (Å²) < 4.78 is 40.0. The highest BCUT2D eigenvalue weighted by Gasteiger charge is 2.17. The van der Waals surface area contributed by atoms with E-state index in [1.54, 1.807) is 21.6 Å². The SMILES string of the molecule is O=C(O)CCCCC(CCS(=O)O)SSC(CCCCC(=O)O)CCS(=O)O. The average molecular weight is 479 g/mol. The Hall–Kier alpha value is -0.140. The third-order valence-corrected chi connectivity index (χ3v) is 8.62. The summed E-state index contributed by atoms with van der Waals surface area (Å²) in [6.45, 7) is 0. The fraction of sp³-hybridized carbons (Fsp3) is 0.875. The summed E-state index contributed by atoms with van der Waals surface area (Å²) >= 11 is -3.76. The summed E-state index contributed by atoms with van der Waals surface area (Å²) in [6.07, 6.45) is 5.29. The number of carboxylic acids is 2. The molecule has 4 atom stereocenters. The molecule has 0 aliphatic rings. The van der Waals surface area contributed by atoms with Crippen LogP contribution < -0.4 is 0 Å². The minimum Gasteiger partial charge on any atom is -0.481 e. The van der Waals surface area contributed by atoms with Crippen LogP contribution in [-0.4, -0.2) is 61.7 Å². The van der Waals surface area contributed by atoms with Gasteiger partial charge in [-0.25, -0.2) is 8.42 Å². The van der Waals surface area contributed by atoms with Crippen molar-refractivity contribution in [2.24, 2.45) is 0 Å². The number of rotatable bonds is 19. The van der Waals surface area contributed by atoms with E-state index in [0.717, 1.165) is 12.8 Å². The Balaban J connectivity index is 4.51. The Morgan fingerprint density at radius 1 is 0.679 bits per heavy atom. The van der Waals surface area contributed by atoms with Crippen LogP contribution in [0.3, 0.4) is 0 Å². The van der Waals surface area contributed by atoms with E-state index in [9.17, 15) is 18.0 Å². The molecule has 0 saturated carbocycles. The molecule has 0 aliphatic heterocycles. The van der Waals surface area contributed by atoms with Gasteiger partial charge < -0.3 is 19.3 Å². The van der Waals surface area contributed by atoms with Gasteiger partial charge in [-0.1, -0.05) is 34.4 Å². The fourth-order valence-electron chi connectivity index (χ4n) is 2.40. The van der Waals surface area contributed by atoms with E-state index in [2.05, 4.69) is 0 Å². The molecule has 4 unspecified atom stereocenters. The minimum atomic E-state index is -1.88. The summed E-state index contributed by atoms with van der Waals surface area (Å²) in [5.74, 6) is -1.37. The first-order valence-electron chi connectivity index (χ1n) is 9.11. The van der Waals surface area contributed by atoms with Crippen molar-refractivity contribution in [2.75, 3.05) is 11.5 Å². The number of carboxylic acid groups (broad SMARTS) is 2. The molecule has 0 aliphatic carbocycles. The van der Waals surface area contributed by atoms with Gasteiger partial charge in [-0.2, -0.15) is 0 Å². The minimum absolute atomic E-state index is 0.0936. The molecule has 4 N–H and O–H groups in total. The highest BCUT2D eigenvalue weighted by atomic mass is 33.1. The predicted octanol–water partition coefficient (Wildman–Crippen LogP) is 3.62. The van der Waals surface area contributed by atoms with E-state index in [0.29, 0.717) is 38.5 Å². The monoisotopic (exact) mass is 478 g/mol. The maximum atomic E-state index is 11.0. The molecule has 0 spiro atoms. The summed E-state index contributed by atoms with van der Waals surface area (Å²) in [5.41, 5.74) is 0. The van der Waals surface area contributed by atoms with E-state index in [1.165, 1.54) is 0 Å². The van der Waals surface area contributed by atoms with Crippen molar-refractivity contribution >= 4 is 55.7 Å². The van der Waals surface area contributed by atoms with Gasteiger partial charge >= 0.3 is 11.9 Å². The van der Waals surface area contributed by atoms with Crippen LogP contribution in [0.1, 0.15) is 64.2 Å². The third-order valence-electron chi connectivity index (χ3n) is 3.89. The first-order valence-corrected chi connectivity index (χ1v) is 13.9. The van der Waals surface area contributed by atoms with Gasteiger partial charge in [0.05, 0.1) is 11.5 Å². The molecular formula is C16H30O8S4. The van der Waals surface area contributed by atoms with Crippen LogP contribution in [0, 0.1) is 0 Å². The summed E-state index contributed by atoms with van der Waals surface area (Å²) in [5, 5.41) is 17.6. The van der Waals surface area contributed by atoms with Crippen LogP contribution in [0.15, 0.2) is 0 Å². The molecule has 28 heavy (non-hydrogen) atoms. The molecular weight excluding hydrogens is 448 g/mol. The second-order valence-electron chi connectivity index (χ2n) is 6.34. The van der Waals surface area contributed by atoms with Gasteiger partial charge in [-0.05, 0) is 38.5 Å². The molecule has 0 aromatic heterocycles. The van der Waals surface area contributed by atoms with Crippen LogP contribution in [0.4, 0.5) is 0 Å². The van der Waals surface area contributed by atoms with Gasteiger partial charge in [0, 0.05) is 23.3 Å². The lowest BCUT2D eigenvalue weighted by molar-refractivity contribution is -0.138. The quantitative estimate of drug-likeness (QED) is 0.123. The molecule has 0 bridgehead atoms. The van der Waals surface area contributed by atoms with Crippen LogP contribution in [0.2, 0.25) is 0 Å². The van der Waals surface area contributed by atoms with Crippen LogP contribution >= 0.6 is 21.6 Å². The topological polar surface area (TPSA) is 149 Å². The van der Waals surface area contributed by atoms with E-state index in [1.807, 2.05) is 0 Å². The molecule has 166 valence electrons. The van der Waals surface area contributed by atoms with E-state index in [-0.39, 0.29) is 34.8 Å². The largest absolute Gasteiger partial charge is 0.481 e. The standard InChI is InChI=1S/C16H30O8S4/c17-15(18)7-3-1-5-13(9-11-27(21)22)25-26-14(10-12-28(23)24)6-2-4-8-16(19)20/h13-14H,1-12H2,(H,17,18)(H,19,20)(H,21,22)(H,23,24). The normalized spacial score (nSPS) is 15.6. The maximum absolute atomic E-state index is 11.0. The Kier molecular flexibility index (Phi) is 17.6. The lowest BCUT2D eigenvalue weighted by Gasteiger charge is -2.20. The molecule has 0 fully saturated rings. The molecule has 0 aromatic rings. The molecule has 8 nitrogen and oxygen atoms in total. The highest BCUT2D eigenvalue weighted by molar-refractivity contribution is 8.77. The maximum Gasteiger partial charge on any atom is 0.303 e. The van der Waals surface area contributed by atoms with Gasteiger partial charge in [-0.15, -0.1) is 0 Å². The highest BCUT2D eigenvalue weighted by Crippen LogP contribution is 2.38. The van der Waals surface area contributed by atoms with Crippen molar-refractivity contribution in [3.8, 4) is 0 Å². The second-order valence-corrected chi connectivity index (χ2v) is 11.3. The smallest absolute Gasteiger partial charge is 0.303 e. The van der Waals surface area contributed by atoms with Crippen molar-refractivity contribution < 1.29 is 37.3 Å². The molecule has 0 radical (unpaired) electrons. The van der Waals surface area contributed by atoms with Crippen LogP contribution in [0.5, 0.6) is 0 Å².